The van der Waals surface area contributed by atoms with Gasteiger partial charge in [-0.05, 0) is 32.5 Å². The van der Waals surface area contributed by atoms with Gasteiger partial charge in [-0.15, -0.1) is 0 Å². The maximum Gasteiger partial charge on any atom is 0.500 e. The van der Waals surface area contributed by atoms with Gasteiger partial charge in [0, 0.05) is 67.6 Å². The third-order valence-corrected chi connectivity index (χ3v) is 11.1. The summed E-state index contributed by atoms with van der Waals surface area (Å²) in [4.78, 5) is 0. The van der Waals surface area contributed by atoms with Crippen LogP contribution in [-0.2, 0) is 31.0 Å². The molecule has 0 saturated carbocycles. The second-order valence-corrected chi connectivity index (χ2v) is 18.0. The van der Waals surface area contributed by atoms with E-state index in [0.29, 0.717) is 24.9 Å². The van der Waals surface area contributed by atoms with Crippen molar-refractivity contribution >= 4 is 25.9 Å². The van der Waals surface area contributed by atoms with Gasteiger partial charge in [-0.2, -0.15) is 0 Å². The van der Waals surface area contributed by atoms with Crippen LogP contribution in [0.2, 0.25) is 31.7 Å². The zero-order valence-electron chi connectivity index (χ0n) is 18.5. The van der Waals surface area contributed by atoms with Crippen molar-refractivity contribution in [1.29, 1.82) is 0 Å². The zero-order valence-corrected chi connectivity index (χ0v) is 21.5. The summed E-state index contributed by atoms with van der Waals surface area (Å²) in [7, 11) is 1.85. The Hall–Kier alpha value is 0.301. The third kappa shape index (κ3) is 9.56. The molecule has 27 heavy (non-hydrogen) atoms. The summed E-state index contributed by atoms with van der Waals surface area (Å²) in [5.41, 5.74) is 0. The molecular formula is C16H39FO7Si3. The molecule has 0 rings (SSSR count). The van der Waals surface area contributed by atoms with Crippen LogP contribution < -0.4 is 0 Å². The smallest absolute Gasteiger partial charge is 0.387 e. The lowest BCUT2D eigenvalue weighted by atomic mass is 10.1. The molecular weight excluding hydrogens is 407 g/mol. The summed E-state index contributed by atoms with van der Waals surface area (Å²) in [6.45, 7) is 5.95. The van der Waals surface area contributed by atoms with Crippen molar-refractivity contribution in [1.82, 2.24) is 0 Å². The van der Waals surface area contributed by atoms with Crippen LogP contribution in [0.1, 0.15) is 25.7 Å². The standard InChI is InChI=1S/C16H39FO7Si3/c1-18-26(19-2,20-3)14-10-12-16(17,24-25(7,8)9)13-11-15-27(21-4,22-5)23-6/h10-15H2,1-9H3. The molecule has 0 saturated heterocycles. The molecule has 0 bridgehead atoms. The topological polar surface area (TPSA) is 64.6 Å². The normalized spacial score (nSPS) is 14.0. The molecule has 0 spiro atoms. The van der Waals surface area contributed by atoms with Gasteiger partial charge < -0.3 is 31.0 Å². The minimum atomic E-state index is -2.72. The van der Waals surface area contributed by atoms with Gasteiger partial charge in [0.15, 0.2) is 14.2 Å². The first-order valence-corrected chi connectivity index (χ1v) is 16.5. The molecule has 164 valence electrons. The maximum atomic E-state index is 15.7. The number of halogens is 1. The van der Waals surface area contributed by atoms with Gasteiger partial charge >= 0.3 is 17.6 Å². The second kappa shape index (κ2) is 12.1. The van der Waals surface area contributed by atoms with E-state index in [2.05, 4.69) is 0 Å². The van der Waals surface area contributed by atoms with Gasteiger partial charge in [0.2, 0.25) is 0 Å². The van der Waals surface area contributed by atoms with E-state index < -0.39 is 31.8 Å². The van der Waals surface area contributed by atoms with Crippen molar-refractivity contribution in [2.24, 2.45) is 0 Å². The highest BCUT2D eigenvalue weighted by Gasteiger charge is 2.42. The Labute approximate surface area is 167 Å². The van der Waals surface area contributed by atoms with E-state index in [0.717, 1.165) is 0 Å². The Morgan fingerprint density at radius 1 is 0.630 bits per heavy atom. The van der Waals surface area contributed by atoms with Crippen molar-refractivity contribution in [2.75, 3.05) is 42.7 Å². The van der Waals surface area contributed by atoms with Gasteiger partial charge in [-0.1, -0.05) is 0 Å². The Bertz CT molecular complexity index is 359. The zero-order chi connectivity index (χ0) is 21.2. The van der Waals surface area contributed by atoms with Gasteiger partial charge in [-0.3, -0.25) is 0 Å². The lowest BCUT2D eigenvalue weighted by Gasteiger charge is -2.34. The fraction of sp³-hybridized carbons (Fsp3) is 1.00. The molecule has 0 atom stereocenters. The maximum absolute atomic E-state index is 15.7. The van der Waals surface area contributed by atoms with Crippen molar-refractivity contribution in [2.45, 2.75) is 63.3 Å². The van der Waals surface area contributed by atoms with E-state index in [-0.39, 0.29) is 12.8 Å². The average Bonchev–Trinajstić information content (AvgIpc) is 2.62. The number of hydrogen-bond acceptors (Lipinski definition) is 7. The van der Waals surface area contributed by atoms with Crippen LogP contribution in [0.25, 0.3) is 0 Å². The molecule has 0 heterocycles. The van der Waals surface area contributed by atoms with Gasteiger partial charge in [0.05, 0.1) is 0 Å². The molecule has 0 fully saturated rings. The highest BCUT2D eigenvalue weighted by molar-refractivity contribution is 6.69. The first kappa shape index (κ1) is 27.3. The molecule has 0 amide bonds. The molecule has 0 aromatic rings. The molecule has 0 aliphatic heterocycles. The van der Waals surface area contributed by atoms with Crippen molar-refractivity contribution in [3.63, 3.8) is 0 Å². The summed E-state index contributed by atoms with van der Waals surface area (Å²) in [5.74, 6) is -1.71. The summed E-state index contributed by atoms with van der Waals surface area (Å²) in [6.07, 6.45) is 1.60. The van der Waals surface area contributed by atoms with Crippen molar-refractivity contribution in [3.8, 4) is 0 Å². The van der Waals surface area contributed by atoms with Crippen molar-refractivity contribution in [3.05, 3.63) is 0 Å². The summed E-state index contributed by atoms with van der Waals surface area (Å²) in [5, 5.41) is 0. The van der Waals surface area contributed by atoms with Crippen LogP contribution in [0.3, 0.4) is 0 Å². The minimum absolute atomic E-state index is 0.254. The lowest BCUT2D eigenvalue weighted by molar-refractivity contribution is -0.0848. The summed E-state index contributed by atoms with van der Waals surface area (Å²) in [6, 6.07) is 1.06. The largest absolute Gasteiger partial charge is 0.500 e. The highest BCUT2D eigenvalue weighted by atomic mass is 28.4. The van der Waals surface area contributed by atoms with E-state index in [1.54, 1.807) is 42.7 Å². The van der Waals surface area contributed by atoms with Gasteiger partial charge in [0.1, 0.15) is 0 Å². The quantitative estimate of drug-likeness (QED) is 0.334. The number of hydrogen-bond donors (Lipinski definition) is 0. The van der Waals surface area contributed by atoms with E-state index in [4.69, 9.17) is 31.0 Å². The molecule has 7 nitrogen and oxygen atoms in total. The van der Waals surface area contributed by atoms with E-state index >= 15 is 4.39 Å². The summed E-state index contributed by atoms with van der Waals surface area (Å²) >= 11 is 0. The molecule has 0 aromatic heterocycles. The van der Waals surface area contributed by atoms with Gasteiger partial charge in [-0.25, -0.2) is 4.39 Å². The minimum Gasteiger partial charge on any atom is -0.387 e. The predicted octanol–water partition coefficient (Wildman–Crippen LogP) is 3.82. The number of rotatable bonds is 16. The van der Waals surface area contributed by atoms with E-state index in [1.165, 1.54) is 0 Å². The van der Waals surface area contributed by atoms with Crippen molar-refractivity contribution < 1.29 is 35.4 Å². The SMILES string of the molecule is CO[Si](CCCC(F)(CCC[Si](OC)(OC)OC)O[Si](C)(C)C)(OC)OC. The summed E-state index contributed by atoms with van der Waals surface area (Å²) < 4.78 is 54.1. The Morgan fingerprint density at radius 3 is 1.15 bits per heavy atom. The van der Waals surface area contributed by atoms with Crippen LogP contribution in [-0.4, -0.2) is 74.4 Å². The molecule has 0 N–H and O–H groups in total. The molecule has 0 aliphatic rings. The fourth-order valence-electron chi connectivity index (χ4n) is 3.03. The third-order valence-electron chi connectivity index (χ3n) is 4.42. The second-order valence-electron chi connectivity index (χ2n) is 7.40. The molecule has 0 radical (unpaired) electrons. The van der Waals surface area contributed by atoms with Gasteiger partial charge in [0.25, 0.3) is 0 Å². The number of alkyl halides is 1. The average molecular weight is 447 g/mol. The van der Waals surface area contributed by atoms with Crippen LogP contribution in [0.4, 0.5) is 4.39 Å². The molecule has 11 heteroatoms. The first-order chi connectivity index (χ1) is 12.5. The van der Waals surface area contributed by atoms with Crippen LogP contribution in [0.5, 0.6) is 0 Å². The monoisotopic (exact) mass is 446 g/mol. The van der Waals surface area contributed by atoms with E-state index in [1.807, 2.05) is 19.6 Å². The lowest BCUT2D eigenvalue weighted by Crippen LogP contribution is -2.45. The van der Waals surface area contributed by atoms with Crippen LogP contribution in [0.15, 0.2) is 0 Å². The van der Waals surface area contributed by atoms with Crippen LogP contribution >= 0.6 is 0 Å². The fourth-order valence-corrected chi connectivity index (χ4v) is 7.77. The molecule has 0 aliphatic carbocycles. The van der Waals surface area contributed by atoms with Crippen LogP contribution in [0, 0.1) is 0 Å². The molecule has 0 aromatic carbocycles. The highest BCUT2D eigenvalue weighted by Crippen LogP contribution is 2.33. The first-order valence-electron chi connectivity index (χ1n) is 9.19. The Balaban J connectivity index is 4.96. The van der Waals surface area contributed by atoms with E-state index in [9.17, 15) is 0 Å². The predicted molar refractivity (Wildman–Crippen MR) is 110 cm³/mol. The Morgan fingerprint density at radius 2 is 0.926 bits per heavy atom. The molecule has 0 unspecified atom stereocenters. The Kier molecular flexibility index (Phi) is 12.2.